The Morgan fingerprint density at radius 1 is 1.03 bits per heavy atom. The van der Waals surface area contributed by atoms with E-state index in [-0.39, 0.29) is 11.7 Å². The van der Waals surface area contributed by atoms with Crippen molar-refractivity contribution in [2.45, 2.75) is 24.0 Å². The molecule has 0 fully saturated rings. The number of nitrogens with one attached hydrogen (secondary N) is 1. The second-order valence-corrected chi connectivity index (χ2v) is 8.88. The fourth-order valence-corrected chi connectivity index (χ4v) is 4.61. The van der Waals surface area contributed by atoms with Crippen LogP contribution in [0.4, 0.5) is 4.39 Å². The van der Waals surface area contributed by atoms with Crippen molar-refractivity contribution in [3.05, 3.63) is 95.3 Å². The number of carbonyl (C=O) groups is 1. The highest BCUT2D eigenvalue weighted by Crippen LogP contribution is 2.29. The van der Waals surface area contributed by atoms with Gasteiger partial charge in [-0.15, -0.1) is 10.2 Å². The van der Waals surface area contributed by atoms with E-state index >= 15 is 0 Å². The number of ether oxygens (including phenoxy) is 2. The predicted molar refractivity (Wildman–Crippen MR) is 137 cm³/mol. The molecule has 1 aromatic heterocycles. The second-order valence-electron chi connectivity index (χ2n) is 7.94. The predicted octanol–water partition coefficient (Wildman–Crippen LogP) is 4.96. The lowest BCUT2D eigenvalue weighted by Crippen LogP contribution is -2.23. The van der Waals surface area contributed by atoms with Crippen molar-refractivity contribution in [1.29, 1.82) is 0 Å². The number of rotatable bonds is 11. The van der Waals surface area contributed by atoms with Gasteiger partial charge in [-0.3, -0.25) is 9.36 Å². The van der Waals surface area contributed by atoms with Gasteiger partial charge in [0.25, 0.3) is 5.91 Å². The van der Waals surface area contributed by atoms with Gasteiger partial charge in [0, 0.05) is 30.5 Å². The molecule has 1 amide bonds. The maximum atomic E-state index is 13.1. The fourth-order valence-electron chi connectivity index (χ4n) is 3.65. The molecule has 0 bridgehead atoms. The maximum Gasteiger partial charge on any atom is 0.251 e. The Morgan fingerprint density at radius 3 is 2.61 bits per heavy atom. The van der Waals surface area contributed by atoms with Crippen LogP contribution in [0.5, 0.6) is 5.75 Å². The Hall–Kier alpha value is -3.69. The normalized spacial score (nSPS) is 10.9. The third kappa shape index (κ3) is 6.30. The average Bonchev–Trinajstić information content (AvgIpc) is 3.33. The van der Waals surface area contributed by atoms with Crippen LogP contribution in [0.15, 0.2) is 78.0 Å². The Bertz CT molecular complexity index is 1310. The summed E-state index contributed by atoms with van der Waals surface area (Å²) < 4.78 is 25.8. The Morgan fingerprint density at radius 2 is 1.83 bits per heavy atom. The molecule has 1 heterocycles. The van der Waals surface area contributed by atoms with Gasteiger partial charge in [-0.05, 0) is 41.5 Å². The van der Waals surface area contributed by atoms with Gasteiger partial charge in [0.2, 0.25) is 0 Å². The molecule has 0 radical (unpaired) electrons. The minimum atomic E-state index is -0.305. The Labute approximate surface area is 213 Å². The summed E-state index contributed by atoms with van der Waals surface area (Å²) in [6.07, 6.45) is 0. The molecule has 0 aliphatic carbocycles. The largest absolute Gasteiger partial charge is 0.497 e. The summed E-state index contributed by atoms with van der Waals surface area (Å²) in [5, 5.41) is 12.5. The number of hydrogen-bond donors (Lipinski definition) is 1. The number of carbonyl (C=O) groups excluding carboxylic acids is 1. The van der Waals surface area contributed by atoms with Gasteiger partial charge in [-0.2, -0.15) is 0 Å². The van der Waals surface area contributed by atoms with E-state index in [2.05, 4.69) is 15.5 Å². The summed E-state index contributed by atoms with van der Waals surface area (Å²) in [4.78, 5) is 12.9. The molecule has 3 aromatic carbocycles. The van der Waals surface area contributed by atoms with Gasteiger partial charge in [-0.25, -0.2) is 4.39 Å². The standard InChI is InChI=1S/C27H27FN4O3S/c1-34-15-14-32-25(20-7-5-8-23(16-20)35-2)30-31-27(32)36-18-21-6-3-4-9-24(21)26(33)29-17-19-10-12-22(28)13-11-19/h3-13,16H,14-15,17-18H2,1-2H3,(H,29,33). The van der Waals surface area contributed by atoms with Crippen molar-refractivity contribution in [2.75, 3.05) is 20.8 Å². The lowest BCUT2D eigenvalue weighted by molar-refractivity contribution is 0.0950. The third-order valence-corrected chi connectivity index (χ3v) is 6.56. The molecular formula is C27H27FN4O3S. The molecule has 0 saturated carbocycles. The van der Waals surface area contributed by atoms with Crippen molar-refractivity contribution < 1.29 is 18.7 Å². The molecule has 1 N–H and O–H groups in total. The minimum Gasteiger partial charge on any atom is -0.497 e. The van der Waals surface area contributed by atoms with Crippen molar-refractivity contribution in [2.24, 2.45) is 0 Å². The molecule has 0 aliphatic rings. The number of thioether (sulfide) groups is 1. The van der Waals surface area contributed by atoms with Gasteiger partial charge in [0.05, 0.1) is 20.3 Å². The molecule has 0 unspecified atom stereocenters. The van der Waals surface area contributed by atoms with Crippen LogP contribution in [-0.4, -0.2) is 41.5 Å². The van der Waals surface area contributed by atoms with Crippen LogP contribution in [-0.2, 0) is 23.6 Å². The molecular weight excluding hydrogens is 479 g/mol. The van der Waals surface area contributed by atoms with E-state index in [1.165, 1.54) is 23.9 Å². The zero-order valence-corrected chi connectivity index (χ0v) is 20.9. The monoisotopic (exact) mass is 506 g/mol. The number of halogens is 1. The highest BCUT2D eigenvalue weighted by Gasteiger charge is 2.17. The molecule has 0 spiro atoms. The van der Waals surface area contributed by atoms with E-state index in [1.54, 1.807) is 32.4 Å². The van der Waals surface area contributed by atoms with E-state index in [0.717, 1.165) is 33.4 Å². The van der Waals surface area contributed by atoms with Gasteiger partial charge in [0.1, 0.15) is 11.6 Å². The lowest BCUT2D eigenvalue weighted by Gasteiger charge is -2.12. The SMILES string of the molecule is COCCn1c(SCc2ccccc2C(=O)NCc2ccc(F)cc2)nnc1-c1cccc(OC)c1. The number of nitrogens with zero attached hydrogens (tertiary/aromatic N) is 3. The zero-order chi connectivity index (χ0) is 25.3. The van der Waals surface area contributed by atoms with Crippen LogP contribution >= 0.6 is 11.8 Å². The third-order valence-electron chi connectivity index (χ3n) is 5.55. The highest BCUT2D eigenvalue weighted by atomic mass is 32.2. The van der Waals surface area contributed by atoms with Crippen molar-refractivity contribution in [3.8, 4) is 17.1 Å². The van der Waals surface area contributed by atoms with Crippen LogP contribution in [0.25, 0.3) is 11.4 Å². The first-order valence-electron chi connectivity index (χ1n) is 11.4. The number of aromatic nitrogens is 3. The summed E-state index contributed by atoms with van der Waals surface area (Å²) in [5.74, 6) is 1.50. The molecule has 36 heavy (non-hydrogen) atoms. The summed E-state index contributed by atoms with van der Waals surface area (Å²) in [7, 11) is 3.28. The molecule has 4 aromatic rings. The van der Waals surface area contributed by atoms with Gasteiger partial charge in [-0.1, -0.05) is 54.2 Å². The maximum absolute atomic E-state index is 13.1. The highest BCUT2D eigenvalue weighted by molar-refractivity contribution is 7.98. The molecule has 0 aliphatic heterocycles. The smallest absolute Gasteiger partial charge is 0.251 e. The van der Waals surface area contributed by atoms with E-state index in [4.69, 9.17) is 9.47 Å². The molecule has 0 atom stereocenters. The Kier molecular flexibility index (Phi) is 8.70. The quantitative estimate of drug-likeness (QED) is 0.290. The summed E-state index contributed by atoms with van der Waals surface area (Å²) >= 11 is 1.50. The van der Waals surface area contributed by atoms with E-state index < -0.39 is 0 Å². The van der Waals surface area contributed by atoms with Crippen LogP contribution < -0.4 is 10.1 Å². The van der Waals surface area contributed by atoms with Gasteiger partial charge >= 0.3 is 0 Å². The first-order valence-corrected chi connectivity index (χ1v) is 12.4. The molecule has 0 saturated heterocycles. The van der Waals surface area contributed by atoms with E-state index in [0.29, 0.717) is 31.0 Å². The van der Waals surface area contributed by atoms with Crippen LogP contribution in [0.3, 0.4) is 0 Å². The van der Waals surface area contributed by atoms with E-state index in [9.17, 15) is 9.18 Å². The summed E-state index contributed by atoms with van der Waals surface area (Å²) in [5.41, 5.74) is 3.18. The molecule has 7 nitrogen and oxygen atoms in total. The van der Waals surface area contributed by atoms with Crippen LogP contribution in [0.2, 0.25) is 0 Å². The lowest BCUT2D eigenvalue weighted by atomic mass is 10.1. The number of amides is 1. The average molecular weight is 507 g/mol. The first kappa shape index (κ1) is 25.4. The minimum absolute atomic E-state index is 0.187. The Balaban J connectivity index is 1.50. The topological polar surface area (TPSA) is 78.3 Å². The van der Waals surface area contributed by atoms with Crippen molar-refractivity contribution in [3.63, 3.8) is 0 Å². The van der Waals surface area contributed by atoms with Crippen LogP contribution in [0.1, 0.15) is 21.5 Å². The molecule has 186 valence electrons. The van der Waals surface area contributed by atoms with Gasteiger partial charge < -0.3 is 14.8 Å². The van der Waals surface area contributed by atoms with E-state index in [1.807, 2.05) is 47.0 Å². The van der Waals surface area contributed by atoms with Crippen molar-refractivity contribution in [1.82, 2.24) is 20.1 Å². The first-order chi connectivity index (χ1) is 17.6. The number of benzene rings is 3. The molecule has 9 heteroatoms. The van der Waals surface area contributed by atoms with Gasteiger partial charge in [0.15, 0.2) is 11.0 Å². The number of hydrogen-bond acceptors (Lipinski definition) is 6. The number of methoxy groups -OCH3 is 2. The summed E-state index contributed by atoms with van der Waals surface area (Å²) in [6.45, 7) is 1.40. The zero-order valence-electron chi connectivity index (χ0n) is 20.1. The fraction of sp³-hybridized carbons (Fsp3) is 0.222. The molecule has 4 rings (SSSR count). The van der Waals surface area contributed by atoms with Crippen molar-refractivity contribution >= 4 is 17.7 Å². The summed E-state index contributed by atoms with van der Waals surface area (Å²) in [6, 6.07) is 21.2. The van der Waals surface area contributed by atoms with Crippen LogP contribution in [0, 0.1) is 5.82 Å². The second kappa shape index (κ2) is 12.3.